The molecule has 0 aliphatic carbocycles. The summed E-state index contributed by atoms with van der Waals surface area (Å²) in [5.41, 5.74) is 0.936. The minimum atomic E-state index is -0.436. The van der Waals surface area contributed by atoms with Crippen LogP contribution in [0.4, 0.5) is 17.5 Å². The van der Waals surface area contributed by atoms with Crippen molar-refractivity contribution in [3.8, 4) is 0 Å². The standard InChI is InChI=1S/C15H18ClN5O2/c1-4-21(5-2)15-19-13(9-17-20-15)18-12-8-10(14(22)23-3)6-7-11(12)16/h6-9H,4-5H2,1-3H3,(H,18,19,20). The molecule has 2 aromatic rings. The van der Waals surface area contributed by atoms with Gasteiger partial charge in [0.1, 0.15) is 0 Å². The maximum atomic E-state index is 11.6. The molecule has 0 aliphatic rings. The topological polar surface area (TPSA) is 80.2 Å². The first-order valence-corrected chi connectivity index (χ1v) is 7.56. The maximum absolute atomic E-state index is 11.6. The number of anilines is 3. The SMILES string of the molecule is CCN(CC)c1nncc(Nc2cc(C(=O)OC)ccc2Cl)n1. The molecule has 122 valence electrons. The number of halogens is 1. The molecule has 0 bridgehead atoms. The van der Waals surface area contributed by atoms with E-state index in [1.54, 1.807) is 18.2 Å². The third-order valence-electron chi connectivity index (χ3n) is 3.24. The van der Waals surface area contributed by atoms with Gasteiger partial charge in [0, 0.05) is 13.1 Å². The number of rotatable bonds is 6. The summed E-state index contributed by atoms with van der Waals surface area (Å²) in [6.07, 6.45) is 1.49. The molecule has 7 nitrogen and oxygen atoms in total. The van der Waals surface area contributed by atoms with Crippen molar-refractivity contribution in [2.45, 2.75) is 13.8 Å². The van der Waals surface area contributed by atoms with E-state index in [9.17, 15) is 4.79 Å². The van der Waals surface area contributed by atoms with Gasteiger partial charge in [0.2, 0.25) is 5.95 Å². The molecule has 0 fully saturated rings. The van der Waals surface area contributed by atoms with Crippen molar-refractivity contribution in [1.29, 1.82) is 0 Å². The summed E-state index contributed by atoms with van der Waals surface area (Å²) in [6, 6.07) is 4.82. The Morgan fingerprint density at radius 2 is 2.09 bits per heavy atom. The zero-order valence-electron chi connectivity index (χ0n) is 13.2. The summed E-state index contributed by atoms with van der Waals surface area (Å²) < 4.78 is 4.71. The zero-order chi connectivity index (χ0) is 16.8. The molecular weight excluding hydrogens is 318 g/mol. The van der Waals surface area contributed by atoms with Crippen molar-refractivity contribution >= 4 is 35.0 Å². The quantitative estimate of drug-likeness (QED) is 0.813. The van der Waals surface area contributed by atoms with Gasteiger partial charge >= 0.3 is 5.97 Å². The predicted octanol–water partition coefficient (Wildman–Crippen LogP) is 2.90. The van der Waals surface area contributed by atoms with Crippen molar-refractivity contribution in [1.82, 2.24) is 15.2 Å². The number of nitrogens with one attached hydrogen (secondary N) is 1. The number of nitrogens with zero attached hydrogens (tertiary/aromatic N) is 4. The first-order valence-electron chi connectivity index (χ1n) is 7.18. The van der Waals surface area contributed by atoms with E-state index in [0.29, 0.717) is 28.0 Å². The predicted molar refractivity (Wildman–Crippen MR) is 89.5 cm³/mol. The second kappa shape index (κ2) is 7.73. The number of aromatic nitrogens is 3. The highest BCUT2D eigenvalue weighted by molar-refractivity contribution is 6.33. The Hall–Kier alpha value is -2.41. The first-order chi connectivity index (χ1) is 11.1. The molecule has 0 amide bonds. The van der Waals surface area contributed by atoms with Gasteiger partial charge in [0.15, 0.2) is 5.82 Å². The van der Waals surface area contributed by atoms with Crippen LogP contribution in [0.1, 0.15) is 24.2 Å². The van der Waals surface area contributed by atoms with Crippen LogP contribution in [0.2, 0.25) is 5.02 Å². The summed E-state index contributed by atoms with van der Waals surface area (Å²) >= 11 is 6.16. The molecule has 0 unspecified atom stereocenters. The van der Waals surface area contributed by atoms with Crippen molar-refractivity contribution in [3.05, 3.63) is 35.0 Å². The van der Waals surface area contributed by atoms with Crippen molar-refractivity contribution < 1.29 is 9.53 Å². The van der Waals surface area contributed by atoms with Crippen LogP contribution in [0.5, 0.6) is 0 Å². The molecule has 0 saturated heterocycles. The highest BCUT2D eigenvalue weighted by Crippen LogP contribution is 2.26. The van der Waals surface area contributed by atoms with E-state index in [1.807, 2.05) is 18.7 Å². The third kappa shape index (κ3) is 4.07. The monoisotopic (exact) mass is 335 g/mol. The van der Waals surface area contributed by atoms with Crippen LogP contribution >= 0.6 is 11.6 Å². The fourth-order valence-electron chi connectivity index (χ4n) is 2.00. The number of hydrogen-bond acceptors (Lipinski definition) is 7. The fourth-order valence-corrected chi connectivity index (χ4v) is 2.16. The summed E-state index contributed by atoms with van der Waals surface area (Å²) in [4.78, 5) is 18.0. The lowest BCUT2D eigenvalue weighted by Crippen LogP contribution is -2.24. The molecule has 8 heteroatoms. The molecule has 0 atom stereocenters. The van der Waals surface area contributed by atoms with Gasteiger partial charge in [0.05, 0.1) is 29.6 Å². The number of carbonyl (C=O) groups excluding carboxylic acids is 1. The summed E-state index contributed by atoms with van der Waals surface area (Å²) in [6.45, 7) is 5.59. The van der Waals surface area contributed by atoms with E-state index in [1.165, 1.54) is 13.3 Å². The molecule has 23 heavy (non-hydrogen) atoms. The van der Waals surface area contributed by atoms with E-state index in [-0.39, 0.29) is 0 Å². The van der Waals surface area contributed by atoms with Crippen LogP contribution < -0.4 is 10.2 Å². The Morgan fingerprint density at radius 3 is 2.74 bits per heavy atom. The molecule has 1 aromatic carbocycles. The summed E-state index contributed by atoms with van der Waals surface area (Å²) in [5, 5.41) is 11.5. The largest absolute Gasteiger partial charge is 0.465 e. The number of esters is 1. The van der Waals surface area contributed by atoms with Crippen molar-refractivity contribution in [2.75, 3.05) is 30.4 Å². The number of carbonyl (C=O) groups is 1. The summed E-state index contributed by atoms with van der Waals surface area (Å²) in [5.74, 6) is 0.584. The number of methoxy groups -OCH3 is 1. The van der Waals surface area contributed by atoms with Crippen LogP contribution in [0.25, 0.3) is 0 Å². The van der Waals surface area contributed by atoms with Crippen molar-refractivity contribution in [3.63, 3.8) is 0 Å². The van der Waals surface area contributed by atoms with Gasteiger partial charge < -0.3 is 15.0 Å². The van der Waals surface area contributed by atoms with Crippen LogP contribution in [0.15, 0.2) is 24.4 Å². The van der Waals surface area contributed by atoms with Crippen LogP contribution in [-0.2, 0) is 4.74 Å². The molecule has 1 N–H and O–H groups in total. The molecule has 0 aliphatic heterocycles. The molecule has 1 heterocycles. The number of benzene rings is 1. The van der Waals surface area contributed by atoms with E-state index in [4.69, 9.17) is 16.3 Å². The minimum Gasteiger partial charge on any atom is -0.465 e. The molecular formula is C15H18ClN5O2. The van der Waals surface area contributed by atoms with Crippen LogP contribution in [-0.4, -0.2) is 41.3 Å². The zero-order valence-corrected chi connectivity index (χ0v) is 14.0. The average Bonchev–Trinajstić information content (AvgIpc) is 2.57. The Morgan fingerprint density at radius 1 is 1.35 bits per heavy atom. The van der Waals surface area contributed by atoms with E-state index >= 15 is 0 Å². The Balaban J connectivity index is 2.28. The van der Waals surface area contributed by atoms with Gasteiger partial charge in [-0.2, -0.15) is 10.1 Å². The van der Waals surface area contributed by atoms with Gasteiger partial charge in [-0.15, -0.1) is 5.10 Å². The highest BCUT2D eigenvalue weighted by atomic mass is 35.5. The Bertz CT molecular complexity index is 691. The minimum absolute atomic E-state index is 0.394. The highest BCUT2D eigenvalue weighted by Gasteiger charge is 2.11. The Kier molecular flexibility index (Phi) is 5.70. The fraction of sp³-hybridized carbons (Fsp3) is 0.333. The molecule has 2 rings (SSSR count). The lowest BCUT2D eigenvalue weighted by Gasteiger charge is -2.18. The second-order valence-electron chi connectivity index (χ2n) is 4.63. The smallest absolute Gasteiger partial charge is 0.337 e. The van der Waals surface area contributed by atoms with Crippen molar-refractivity contribution in [2.24, 2.45) is 0 Å². The van der Waals surface area contributed by atoms with Gasteiger partial charge in [-0.3, -0.25) is 0 Å². The van der Waals surface area contributed by atoms with E-state index in [0.717, 1.165) is 13.1 Å². The van der Waals surface area contributed by atoms with Gasteiger partial charge in [0.25, 0.3) is 0 Å². The third-order valence-corrected chi connectivity index (χ3v) is 3.57. The number of ether oxygens (including phenoxy) is 1. The summed E-state index contributed by atoms with van der Waals surface area (Å²) in [7, 11) is 1.33. The Labute approximate surface area is 139 Å². The molecule has 0 spiro atoms. The van der Waals surface area contributed by atoms with Crippen LogP contribution in [0, 0.1) is 0 Å². The molecule has 0 radical (unpaired) electrons. The lowest BCUT2D eigenvalue weighted by atomic mass is 10.2. The van der Waals surface area contributed by atoms with Gasteiger partial charge in [-0.1, -0.05) is 11.6 Å². The van der Waals surface area contributed by atoms with E-state index < -0.39 is 5.97 Å². The van der Waals surface area contributed by atoms with Gasteiger partial charge in [-0.05, 0) is 32.0 Å². The molecule has 1 aromatic heterocycles. The maximum Gasteiger partial charge on any atom is 0.337 e. The molecule has 0 saturated carbocycles. The van der Waals surface area contributed by atoms with E-state index in [2.05, 4.69) is 20.5 Å². The average molecular weight is 336 g/mol. The number of hydrogen-bond donors (Lipinski definition) is 1. The lowest BCUT2D eigenvalue weighted by molar-refractivity contribution is 0.0601. The normalized spacial score (nSPS) is 10.3. The first kappa shape index (κ1) is 17.0. The van der Waals surface area contributed by atoms with Crippen LogP contribution in [0.3, 0.4) is 0 Å². The van der Waals surface area contributed by atoms with Gasteiger partial charge in [-0.25, -0.2) is 4.79 Å². The second-order valence-corrected chi connectivity index (χ2v) is 5.03.